The highest BCUT2D eigenvalue weighted by molar-refractivity contribution is 5.75. The summed E-state index contributed by atoms with van der Waals surface area (Å²) in [6, 6.07) is 0.380. The number of hydrogen-bond donors (Lipinski definition) is 1. The maximum absolute atomic E-state index is 11.6. The van der Waals surface area contributed by atoms with E-state index in [1.807, 2.05) is 6.92 Å². The molecule has 4 nitrogen and oxygen atoms in total. The number of ether oxygens (including phenoxy) is 1. The molecule has 2 atom stereocenters. The van der Waals surface area contributed by atoms with E-state index >= 15 is 0 Å². The summed E-state index contributed by atoms with van der Waals surface area (Å²) in [6.45, 7) is 7.60. The highest BCUT2D eigenvalue weighted by atomic mass is 16.5. The van der Waals surface area contributed by atoms with Gasteiger partial charge in [-0.05, 0) is 40.8 Å². The van der Waals surface area contributed by atoms with Gasteiger partial charge in [-0.25, -0.2) is 0 Å². The zero-order valence-electron chi connectivity index (χ0n) is 12.0. The summed E-state index contributed by atoms with van der Waals surface area (Å²) in [5.41, 5.74) is 0. The van der Waals surface area contributed by atoms with Crippen LogP contribution in [0.25, 0.3) is 0 Å². The lowest BCUT2D eigenvalue weighted by Gasteiger charge is -2.26. The fourth-order valence-corrected chi connectivity index (χ4v) is 1.81. The van der Waals surface area contributed by atoms with Crippen molar-refractivity contribution in [1.82, 2.24) is 10.2 Å². The Bertz CT molecular complexity index is 210. The molecule has 0 saturated heterocycles. The number of rotatable bonds is 9. The minimum atomic E-state index is -0.189. The molecule has 0 radical (unpaired) electrons. The molecule has 2 unspecified atom stereocenters. The van der Waals surface area contributed by atoms with Crippen molar-refractivity contribution in [1.29, 1.82) is 0 Å². The Morgan fingerprint density at radius 3 is 2.47 bits per heavy atom. The van der Waals surface area contributed by atoms with Gasteiger partial charge in [0.05, 0.1) is 6.61 Å². The van der Waals surface area contributed by atoms with Crippen molar-refractivity contribution >= 4 is 5.97 Å². The lowest BCUT2D eigenvalue weighted by Crippen LogP contribution is -2.40. The second kappa shape index (κ2) is 9.42. The summed E-state index contributed by atoms with van der Waals surface area (Å²) >= 11 is 0. The van der Waals surface area contributed by atoms with Gasteiger partial charge in [0, 0.05) is 12.6 Å². The molecule has 17 heavy (non-hydrogen) atoms. The van der Waals surface area contributed by atoms with Crippen molar-refractivity contribution in [2.45, 2.75) is 52.1 Å². The predicted octanol–water partition coefficient (Wildman–Crippen LogP) is 1.65. The lowest BCUT2D eigenvalue weighted by atomic mass is 10.1. The normalized spacial score (nSPS) is 14.7. The van der Waals surface area contributed by atoms with Crippen LogP contribution in [0, 0.1) is 0 Å². The maximum Gasteiger partial charge on any atom is 0.323 e. The molecule has 0 bridgehead atoms. The Morgan fingerprint density at radius 1 is 1.35 bits per heavy atom. The van der Waals surface area contributed by atoms with Crippen molar-refractivity contribution < 1.29 is 9.53 Å². The molecule has 0 aliphatic heterocycles. The fourth-order valence-electron chi connectivity index (χ4n) is 1.81. The topological polar surface area (TPSA) is 41.6 Å². The van der Waals surface area contributed by atoms with Gasteiger partial charge in [0.2, 0.25) is 0 Å². The number of hydrogen-bond acceptors (Lipinski definition) is 4. The molecule has 0 aliphatic carbocycles. The first-order valence-electron chi connectivity index (χ1n) is 6.60. The minimum absolute atomic E-state index is 0.147. The van der Waals surface area contributed by atoms with Crippen LogP contribution in [-0.2, 0) is 9.53 Å². The Hall–Kier alpha value is -0.610. The summed E-state index contributed by atoms with van der Waals surface area (Å²) in [7, 11) is 3.91. The van der Waals surface area contributed by atoms with Crippen LogP contribution in [0.2, 0.25) is 0 Å². The van der Waals surface area contributed by atoms with Crippen molar-refractivity contribution in [3.8, 4) is 0 Å². The van der Waals surface area contributed by atoms with Crippen LogP contribution in [0.4, 0.5) is 0 Å². The fraction of sp³-hybridized carbons (Fsp3) is 0.923. The van der Waals surface area contributed by atoms with Crippen molar-refractivity contribution in [2.75, 3.05) is 27.2 Å². The van der Waals surface area contributed by atoms with Crippen LogP contribution in [0.5, 0.6) is 0 Å². The average Bonchev–Trinajstić information content (AvgIpc) is 2.30. The van der Waals surface area contributed by atoms with Crippen LogP contribution in [0.3, 0.4) is 0 Å². The Balaban J connectivity index is 4.01. The molecule has 0 fully saturated rings. The monoisotopic (exact) mass is 244 g/mol. The van der Waals surface area contributed by atoms with Gasteiger partial charge in [-0.2, -0.15) is 0 Å². The van der Waals surface area contributed by atoms with E-state index in [0.717, 1.165) is 13.0 Å². The van der Waals surface area contributed by atoms with Gasteiger partial charge in [-0.1, -0.05) is 13.3 Å². The van der Waals surface area contributed by atoms with Gasteiger partial charge >= 0.3 is 5.97 Å². The number of carbonyl (C=O) groups excluding carboxylic acids is 1. The van der Waals surface area contributed by atoms with E-state index in [2.05, 4.69) is 31.1 Å². The first-order valence-corrected chi connectivity index (χ1v) is 6.60. The molecule has 0 aromatic heterocycles. The lowest BCUT2D eigenvalue weighted by molar-refractivity contribution is -0.145. The third-order valence-corrected chi connectivity index (χ3v) is 3.15. The van der Waals surface area contributed by atoms with Crippen LogP contribution in [-0.4, -0.2) is 50.2 Å². The molecule has 0 aliphatic rings. The zero-order valence-corrected chi connectivity index (χ0v) is 12.0. The number of carbonyl (C=O) groups is 1. The average molecular weight is 244 g/mol. The molecule has 0 spiro atoms. The highest BCUT2D eigenvalue weighted by Crippen LogP contribution is 2.06. The molecule has 0 aromatic rings. The van der Waals surface area contributed by atoms with Crippen molar-refractivity contribution in [3.63, 3.8) is 0 Å². The summed E-state index contributed by atoms with van der Waals surface area (Å²) < 4.78 is 5.02. The molecular weight excluding hydrogens is 216 g/mol. The molecular formula is C13H28N2O2. The molecule has 0 aromatic carbocycles. The zero-order chi connectivity index (χ0) is 13.3. The predicted molar refractivity (Wildman–Crippen MR) is 71.1 cm³/mol. The Morgan fingerprint density at radius 2 is 2.00 bits per heavy atom. The summed E-state index contributed by atoms with van der Waals surface area (Å²) in [6.07, 6.45) is 3.18. The number of nitrogens with zero attached hydrogens (tertiary/aromatic N) is 1. The standard InChI is InChI=1S/C13H28N2O2/c1-6-8-11(3)15(5)10-9-12(14-4)13(16)17-7-2/h11-12,14H,6-10H2,1-5H3. The van der Waals surface area contributed by atoms with Gasteiger partial charge in [-0.15, -0.1) is 0 Å². The highest BCUT2D eigenvalue weighted by Gasteiger charge is 2.18. The Labute approximate surface area is 106 Å². The Kier molecular flexibility index (Phi) is 9.09. The van der Waals surface area contributed by atoms with Gasteiger partial charge in [0.15, 0.2) is 0 Å². The van der Waals surface area contributed by atoms with E-state index < -0.39 is 0 Å². The van der Waals surface area contributed by atoms with Crippen LogP contribution in [0.1, 0.15) is 40.0 Å². The second-order valence-electron chi connectivity index (χ2n) is 4.50. The first-order chi connectivity index (χ1) is 8.06. The van der Waals surface area contributed by atoms with E-state index in [-0.39, 0.29) is 12.0 Å². The third kappa shape index (κ3) is 6.64. The number of esters is 1. The van der Waals surface area contributed by atoms with Crippen LogP contribution in [0.15, 0.2) is 0 Å². The summed E-state index contributed by atoms with van der Waals surface area (Å²) in [4.78, 5) is 13.9. The molecule has 0 amide bonds. The van der Waals surface area contributed by atoms with E-state index in [9.17, 15) is 4.79 Å². The second-order valence-corrected chi connectivity index (χ2v) is 4.50. The van der Waals surface area contributed by atoms with Crippen molar-refractivity contribution in [3.05, 3.63) is 0 Å². The first kappa shape index (κ1) is 16.4. The van der Waals surface area contributed by atoms with Gasteiger partial charge < -0.3 is 15.0 Å². The van der Waals surface area contributed by atoms with Gasteiger partial charge in [-0.3, -0.25) is 4.79 Å². The van der Waals surface area contributed by atoms with E-state index in [0.29, 0.717) is 12.6 Å². The smallest absolute Gasteiger partial charge is 0.323 e. The SMILES string of the molecule is CCCC(C)N(C)CCC(NC)C(=O)OCC. The summed E-state index contributed by atoms with van der Waals surface area (Å²) in [5, 5.41) is 3.01. The van der Waals surface area contributed by atoms with Crippen LogP contribution < -0.4 is 5.32 Å². The van der Waals surface area contributed by atoms with E-state index in [1.165, 1.54) is 12.8 Å². The largest absolute Gasteiger partial charge is 0.465 e. The quantitative estimate of drug-likeness (QED) is 0.626. The van der Waals surface area contributed by atoms with E-state index in [4.69, 9.17) is 4.74 Å². The van der Waals surface area contributed by atoms with Gasteiger partial charge in [0.1, 0.15) is 6.04 Å². The van der Waals surface area contributed by atoms with Crippen LogP contribution >= 0.6 is 0 Å². The van der Waals surface area contributed by atoms with E-state index in [1.54, 1.807) is 7.05 Å². The third-order valence-electron chi connectivity index (χ3n) is 3.15. The number of nitrogens with one attached hydrogen (secondary N) is 1. The number of likely N-dealkylation sites (N-methyl/N-ethyl adjacent to an activating group) is 1. The molecule has 0 saturated carbocycles. The molecule has 0 rings (SSSR count). The molecule has 4 heteroatoms. The maximum atomic E-state index is 11.6. The molecule has 1 N–H and O–H groups in total. The summed E-state index contributed by atoms with van der Waals surface area (Å²) in [5.74, 6) is -0.147. The van der Waals surface area contributed by atoms with Gasteiger partial charge in [0.25, 0.3) is 0 Å². The molecule has 0 heterocycles. The molecule has 102 valence electrons. The van der Waals surface area contributed by atoms with Crippen molar-refractivity contribution in [2.24, 2.45) is 0 Å². The minimum Gasteiger partial charge on any atom is -0.465 e.